The Morgan fingerprint density at radius 2 is 1.82 bits per heavy atom. The molecule has 0 saturated carbocycles. The first-order valence-electron chi connectivity index (χ1n) is 8.57. The fourth-order valence-corrected chi connectivity index (χ4v) is 2.54. The summed E-state index contributed by atoms with van der Waals surface area (Å²) in [4.78, 5) is 16.7. The summed E-state index contributed by atoms with van der Waals surface area (Å²) in [5, 5.41) is 5.95. The highest BCUT2D eigenvalue weighted by atomic mass is 19.1. The van der Waals surface area contributed by atoms with Gasteiger partial charge in [0.05, 0.1) is 31.8 Å². The van der Waals surface area contributed by atoms with E-state index < -0.39 is 0 Å². The molecule has 1 heterocycles. The molecule has 0 bridgehead atoms. The average Bonchev–Trinajstić information content (AvgIpc) is 2.73. The lowest BCUT2D eigenvalue weighted by atomic mass is 10.2. The van der Waals surface area contributed by atoms with E-state index >= 15 is 0 Å². The van der Waals surface area contributed by atoms with Crippen LogP contribution in [0.25, 0.3) is 0 Å². The highest BCUT2D eigenvalue weighted by Gasteiger charge is 2.12. The lowest BCUT2D eigenvalue weighted by Crippen LogP contribution is -2.14. The Morgan fingerprint density at radius 1 is 1.04 bits per heavy atom. The topological polar surface area (TPSA) is 72.5 Å². The van der Waals surface area contributed by atoms with Crippen LogP contribution in [0.1, 0.15) is 16.1 Å². The number of methoxy groups -OCH3 is 2. The minimum atomic E-state index is -0.364. The van der Waals surface area contributed by atoms with Crippen molar-refractivity contribution >= 4 is 17.3 Å². The number of carbonyl (C=O) groups is 1. The summed E-state index contributed by atoms with van der Waals surface area (Å²) in [5.74, 6) is 0.487. The molecule has 0 aliphatic carbocycles. The Morgan fingerprint density at radius 3 is 2.46 bits per heavy atom. The molecule has 1 amide bonds. The van der Waals surface area contributed by atoms with E-state index in [0.29, 0.717) is 23.7 Å². The summed E-state index contributed by atoms with van der Waals surface area (Å²) in [6.45, 7) is 0.522. The van der Waals surface area contributed by atoms with Gasteiger partial charge in [-0.2, -0.15) is 0 Å². The fraction of sp³-hybridized carbons (Fsp3) is 0.143. The lowest BCUT2D eigenvalue weighted by Gasteiger charge is -2.12. The quantitative estimate of drug-likeness (QED) is 0.645. The SMILES string of the molecule is COc1ccc(OC)c(NC(=O)c2ccc(NCc3ccc(F)cc3)cn2)c1. The van der Waals surface area contributed by atoms with Crippen molar-refractivity contribution in [2.45, 2.75) is 6.54 Å². The second kappa shape index (κ2) is 8.85. The summed E-state index contributed by atoms with van der Waals surface area (Å²) in [6.07, 6.45) is 1.57. The molecule has 2 N–H and O–H groups in total. The number of carbonyl (C=O) groups excluding carboxylic acids is 1. The highest BCUT2D eigenvalue weighted by molar-refractivity contribution is 6.03. The van der Waals surface area contributed by atoms with Gasteiger partial charge in [-0.15, -0.1) is 0 Å². The number of anilines is 2. The average molecular weight is 381 g/mol. The molecule has 0 saturated heterocycles. The van der Waals surface area contributed by atoms with Crippen molar-refractivity contribution in [1.29, 1.82) is 0 Å². The van der Waals surface area contributed by atoms with Crippen molar-refractivity contribution in [3.05, 3.63) is 77.9 Å². The van der Waals surface area contributed by atoms with E-state index in [4.69, 9.17) is 9.47 Å². The van der Waals surface area contributed by atoms with Gasteiger partial charge in [0.25, 0.3) is 5.91 Å². The molecule has 0 spiro atoms. The van der Waals surface area contributed by atoms with Crippen LogP contribution < -0.4 is 20.1 Å². The van der Waals surface area contributed by atoms with Crippen LogP contribution in [0.15, 0.2) is 60.8 Å². The first-order chi connectivity index (χ1) is 13.6. The Bertz CT molecular complexity index is 944. The van der Waals surface area contributed by atoms with Crippen LogP contribution in [0.5, 0.6) is 11.5 Å². The number of ether oxygens (including phenoxy) is 2. The van der Waals surface area contributed by atoms with Crippen molar-refractivity contribution in [2.24, 2.45) is 0 Å². The summed E-state index contributed by atoms with van der Waals surface area (Å²) < 4.78 is 23.4. The first-order valence-corrected chi connectivity index (χ1v) is 8.57. The molecule has 2 aromatic carbocycles. The Kier molecular flexibility index (Phi) is 6.06. The monoisotopic (exact) mass is 381 g/mol. The summed E-state index contributed by atoms with van der Waals surface area (Å²) in [5.41, 5.74) is 2.44. The highest BCUT2D eigenvalue weighted by Crippen LogP contribution is 2.29. The molecule has 0 fully saturated rings. The number of aromatic nitrogens is 1. The van der Waals surface area contributed by atoms with Crippen LogP contribution in [0.4, 0.5) is 15.8 Å². The number of hydrogen-bond acceptors (Lipinski definition) is 5. The van der Waals surface area contributed by atoms with Crippen LogP contribution >= 0.6 is 0 Å². The summed E-state index contributed by atoms with van der Waals surface area (Å²) in [7, 11) is 3.07. The predicted molar refractivity (Wildman–Crippen MR) is 105 cm³/mol. The maximum absolute atomic E-state index is 12.9. The number of benzene rings is 2. The molecule has 0 unspecified atom stereocenters. The molecule has 7 heteroatoms. The minimum absolute atomic E-state index is 0.261. The first kappa shape index (κ1) is 19.2. The number of rotatable bonds is 7. The molecule has 0 atom stereocenters. The summed E-state index contributed by atoms with van der Waals surface area (Å²) >= 11 is 0. The van der Waals surface area contributed by atoms with Gasteiger partial charge in [-0.1, -0.05) is 12.1 Å². The Balaban J connectivity index is 1.64. The molecule has 144 valence electrons. The summed E-state index contributed by atoms with van der Waals surface area (Å²) in [6, 6.07) is 14.8. The number of nitrogens with zero attached hydrogens (tertiary/aromatic N) is 1. The van der Waals surface area contributed by atoms with E-state index in [-0.39, 0.29) is 17.4 Å². The van der Waals surface area contributed by atoms with E-state index in [1.54, 1.807) is 55.8 Å². The van der Waals surface area contributed by atoms with Gasteiger partial charge in [-0.25, -0.2) is 9.37 Å². The predicted octanol–water partition coefficient (Wildman–Crippen LogP) is 4.10. The Labute approximate surface area is 162 Å². The van der Waals surface area contributed by atoms with Crippen molar-refractivity contribution in [2.75, 3.05) is 24.9 Å². The number of halogens is 1. The van der Waals surface area contributed by atoms with Crippen LogP contribution in [0, 0.1) is 5.82 Å². The van der Waals surface area contributed by atoms with Crippen molar-refractivity contribution in [3.63, 3.8) is 0 Å². The minimum Gasteiger partial charge on any atom is -0.497 e. The third kappa shape index (κ3) is 4.76. The molecule has 1 aromatic heterocycles. The second-order valence-electron chi connectivity index (χ2n) is 5.93. The molecule has 28 heavy (non-hydrogen) atoms. The van der Waals surface area contributed by atoms with Crippen LogP contribution in [-0.4, -0.2) is 25.1 Å². The maximum atomic E-state index is 12.9. The number of amides is 1. The molecule has 0 aliphatic rings. The zero-order chi connectivity index (χ0) is 19.9. The van der Waals surface area contributed by atoms with Gasteiger partial charge >= 0.3 is 0 Å². The van der Waals surface area contributed by atoms with E-state index in [1.165, 1.54) is 19.2 Å². The van der Waals surface area contributed by atoms with Gasteiger partial charge in [0.2, 0.25) is 0 Å². The van der Waals surface area contributed by atoms with E-state index in [0.717, 1.165) is 11.3 Å². The molecule has 6 nitrogen and oxygen atoms in total. The Hall–Kier alpha value is -3.61. The zero-order valence-electron chi connectivity index (χ0n) is 15.5. The van der Waals surface area contributed by atoms with Crippen LogP contribution in [0.3, 0.4) is 0 Å². The van der Waals surface area contributed by atoms with E-state index in [9.17, 15) is 9.18 Å². The molecule has 3 aromatic rings. The van der Waals surface area contributed by atoms with Gasteiger partial charge in [0, 0.05) is 12.6 Å². The van der Waals surface area contributed by atoms with Crippen molar-refractivity contribution in [1.82, 2.24) is 4.98 Å². The standard InChI is InChI=1S/C21H20FN3O3/c1-27-17-8-10-20(28-2)19(11-17)25-21(26)18-9-7-16(13-24-18)23-12-14-3-5-15(22)6-4-14/h3-11,13,23H,12H2,1-2H3,(H,25,26). The van der Waals surface area contributed by atoms with Gasteiger partial charge in [-0.05, 0) is 42.0 Å². The number of pyridine rings is 1. The van der Waals surface area contributed by atoms with Crippen molar-refractivity contribution < 1.29 is 18.7 Å². The van der Waals surface area contributed by atoms with E-state index in [1.807, 2.05) is 0 Å². The number of nitrogens with one attached hydrogen (secondary N) is 2. The van der Waals surface area contributed by atoms with Gasteiger partial charge < -0.3 is 20.1 Å². The van der Waals surface area contributed by atoms with Crippen LogP contribution in [0.2, 0.25) is 0 Å². The van der Waals surface area contributed by atoms with Gasteiger partial charge in [0.15, 0.2) is 0 Å². The third-order valence-corrected chi connectivity index (χ3v) is 4.06. The molecule has 0 aliphatic heterocycles. The molecular weight excluding hydrogens is 361 g/mol. The third-order valence-electron chi connectivity index (χ3n) is 4.06. The molecule has 0 radical (unpaired) electrons. The fourth-order valence-electron chi connectivity index (χ4n) is 2.54. The maximum Gasteiger partial charge on any atom is 0.274 e. The van der Waals surface area contributed by atoms with E-state index in [2.05, 4.69) is 15.6 Å². The zero-order valence-corrected chi connectivity index (χ0v) is 15.5. The molecule has 3 rings (SSSR count). The molecular formula is C21H20FN3O3. The normalized spacial score (nSPS) is 10.2. The largest absolute Gasteiger partial charge is 0.497 e. The van der Waals surface area contributed by atoms with Crippen LogP contribution in [-0.2, 0) is 6.54 Å². The lowest BCUT2D eigenvalue weighted by molar-refractivity contribution is 0.102. The second-order valence-corrected chi connectivity index (χ2v) is 5.93. The van der Waals surface area contributed by atoms with Gasteiger partial charge in [-0.3, -0.25) is 4.79 Å². The van der Waals surface area contributed by atoms with Crippen molar-refractivity contribution in [3.8, 4) is 11.5 Å². The number of hydrogen-bond donors (Lipinski definition) is 2. The van der Waals surface area contributed by atoms with Gasteiger partial charge in [0.1, 0.15) is 23.0 Å². The smallest absolute Gasteiger partial charge is 0.274 e.